The monoisotopic (exact) mass is 297 g/mol. The average Bonchev–Trinajstić information content (AvgIpc) is 2.39. The van der Waals surface area contributed by atoms with Gasteiger partial charge in [0.2, 0.25) is 0 Å². The smallest absolute Gasteiger partial charge is 0.137 e. The fourth-order valence-electron chi connectivity index (χ4n) is 1.83. The highest BCUT2D eigenvalue weighted by molar-refractivity contribution is 6.34. The molecule has 1 aromatic carbocycles. The number of hydrogen-bond donors (Lipinski definition) is 2. The fourth-order valence-corrected chi connectivity index (χ4v) is 2.37. The van der Waals surface area contributed by atoms with E-state index in [9.17, 15) is 0 Å². The largest absolute Gasteiger partial charge is 0.495 e. The van der Waals surface area contributed by atoms with Crippen LogP contribution in [0.25, 0.3) is 0 Å². The third kappa shape index (κ3) is 3.36. The van der Waals surface area contributed by atoms with Crippen molar-refractivity contribution in [2.24, 2.45) is 5.84 Å². The highest BCUT2D eigenvalue weighted by Crippen LogP contribution is 2.28. The molecule has 1 unspecified atom stereocenters. The van der Waals surface area contributed by atoms with Crippen LogP contribution in [0.5, 0.6) is 5.75 Å². The van der Waals surface area contributed by atoms with Gasteiger partial charge in [0.25, 0.3) is 0 Å². The van der Waals surface area contributed by atoms with Gasteiger partial charge < -0.3 is 4.74 Å². The normalized spacial score (nSPS) is 12.2. The zero-order valence-corrected chi connectivity index (χ0v) is 11.7. The van der Waals surface area contributed by atoms with Crippen molar-refractivity contribution in [2.75, 3.05) is 7.11 Å². The third-order valence-corrected chi connectivity index (χ3v) is 3.12. The number of nitrogens with zero attached hydrogens (tertiary/aromatic N) is 1. The van der Waals surface area contributed by atoms with Crippen LogP contribution in [0.2, 0.25) is 10.0 Å². The molecule has 2 rings (SSSR count). The molecule has 1 heterocycles. The number of rotatable bonds is 4. The van der Waals surface area contributed by atoms with Crippen LogP contribution in [-0.2, 0) is 0 Å². The van der Waals surface area contributed by atoms with Crippen LogP contribution < -0.4 is 16.0 Å². The zero-order valence-electron chi connectivity index (χ0n) is 10.2. The van der Waals surface area contributed by atoms with Crippen LogP contribution in [0.4, 0.5) is 0 Å². The lowest BCUT2D eigenvalue weighted by Gasteiger charge is -2.17. The molecular formula is C13H13Cl2N3O. The first-order valence-corrected chi connectivity index (χ1v) is 6.30. The maximum atomic E-state index is 6.00. The minimum atomic E-state index is -0.265. The van der Waals surface area contributed by atoms with E-state index in [2.05, 4.69) is 10.4 Å². The minimum absolute atomic E-state index is 0.265. The second kappa shape index (κ2) is 6.21. The molecule has 2 aromatic rings. The van der Waals surface area contributed by atoms with Crippen molar-refractivity contribution >= 4 is 23.2 Å². The summed E-state index contributed by atoms with van der Waals surface area (Å²) in [7, 11) is 1.59. The van der Waals surface area contributed by atoms with Crippen molar-refractivity contribution in [3.63, 3.8) is 0 Å². The molecule has 0 radical (unpaired) electrons. The van der Waals surface area contributed by atoms with E-state index in [-0.39, 0.29) is 6.04 Å². The molecule has 0 fully saturated rings. The second-order valence-electron chi connectivity index (χ2n) is 3.96. The molecule has 0 amide bonds. The van der Waals surface area contributed by atoms with Gasteiger partial charge in [0.15, 0.2) is 0 Å². The van der Waals surface area contributed by atoms with Crippen molar-refractivity contribution in [1.29, 1.82) is 0 Å². The number of aromatic nitrogens is 1. The molecule has 0 spiro atoms. The van der Waals surface area contributed by atoms with Crippen LogP contribution in [0.3, 0.4) is 0 Å². The Hall–Kier alpha value is -1.33. The maximum Gasteiger partial charge on any atom is 0.137 e. The van der Waals surface area contributed by atoms with Crippen molar-refractivity contribution in [2.45, 2.75) is 6.04 Å². The lowest BCUT2D eigenvalue weighted by molar-refractivity contribution is 0.411. The number of hydrazine groups is 1. The number of hydrogen-bond acceptors (Lipinski definition) is 4. The van der Waals surface area contributed by atoms with Gasteiger partial charge in [-0.1, -0.05) is 23.2 Å². The molecule has 6 heteroatoms. The number of ether oxygens (including phenoxy) is 1. The Labute approximate surface area is 121 Å². The molecule has 1 atom stereocenters. The Balaban J connectivity index is 2.43. The summed E-state index contributed by atoms with van der Waals surface area (Å²) < 4.78 is 5.15. The Morgan fingerprint density at radius 3 is 2.37 bits per heavy atom. The lowest BCUT2D eigenvalue weighted by Crippen LogP contribution is -2.29. The van der Waals surface area contributed by atoms with Crippen LogP contribution >= 0.6 is 23.2 Å². The van der Waals surface area contributed by atoms with Crippen molar-refractivity contribution in [3.05, 3.63) is 57.8 Å². The van der Waals surface area contributed by atoms with Crippen LogP contribution in [0.1, 0.15) is 17.2 Å². The van der Waals surface area contributed by atoms with Gasteiger partial charge in [-0.2, -0.15) is 0 Å². The Morgan fingerprint density at radius 1 is 1.11 bits per heavy atom. The lowest BCUT2D eigenvalue weighted by atomic mass is 10.0. The number of nitrogens with two attached hydrogens (primary N) is 1. The molecule has 1 aromatic heterocycles. The molecule has 0 bridgehead atoms. The quantitative estimate of drug-likeness (QED) is 0.673. The third-order valence-electron chi connectivity index (χ3n) is 2.69. The average molecular weight is 298 g/mol. The van der Waals surface area contributed by atoms with Gasteiger partial charge in [0.05, 0.1) is 19.3 Å². The standard InChI is InChI=1S/C13H13Cl2N3O/c1-19-12-4-9(6-17-7-12)13(18-16)8-2-10(14)5-11(15)3-8/h2-7,13,18H,16H2,1H3. The van der Waals surface area contributed by atoms with Gasteiger partial charge in [-0.05, 0) is 35.4 Å². The van der Waals surface area contributed by atoms with E-state index in [0.29, 0.717) is 15.8 Å². The first kappa shape index (κ1) is 14.1. The fraction of sp³-hybridized carbons (Fsp3) is 0.154. The molecule has 0 saturated heterocycles. The van der Waals surface area contributed by atoms with E-state index in [1.54, 1.807) is 37.7 Å². The van der Waals surface area contributed by atoms with Crippen molar-refractivity contribution in [3.8, 4) is 5.75 Å². The van der Waals surface area contributed by atoms with Crippen molar-refractivity contribution < 1.29 is 4.74 Å². The summed E-state index contributed by atoms with van der Waals surface area (Å²) in [5.41, 5.74) is 4.45. The zero-order chi connectivity index (χ0) is 13.8. The Bertz CT molecular complexity index is 557. The summed E-state index contributed by atoms with van der Waals surface area (Å²) in [4.78, 5) is 4.11. The van der Waals surface area contributed by atoms with E-state index in [1.165, 1.54) is 0 Å². The van der Waals surface area contributed by atoms with Gasteiger partial charge >= 0.3 is 0 Å². The summed E-state index contributed by atoms with van der Waals surface area (Å²) in [6.07, 6.45) is 3.34. The summed E-state index contributed by atoms with van der Waals surface area (Å²) in [5, 5.41) is 1.11. The Kier molecular flexibility index (Phi) is 4.61. The van der Waals surface area contributed by atoms with E-state index in [4.69, 9.17) is 33.8 Å². The predicted octanol–water partition coefficient (Wildman–Crippen LogP) is 2.95. The predicted molar refractivity (Wildman–Crippen MR) is 76.4 cm³/mol. The van der Waals surface area contributed by atoms with E-state index in [0.717, 1.165) is 11.1 Å². The van der Waals surface area contributed by atoms with Gasteiger partial charge in [-0.15, -0.1) is 0 Å². The van der Waals surface area contributed by atoms with Gasteiger partial charge in [-0.3, -0.25) is 10.8 Å². The summed E-state index contributed by atoms with van der Waals surface area (Å²) in [6, 6.07) is 6.87. The molecule has 0 aliphatic rings. The molecule has 100 valence electrons. The van der Waals surface area contributed by atoms with Crippen LogP contribution in [0.15, 0.2) is 36.7 Å². The number of nitrogens with one attached hydrogen (secondary N) is 1. The number of methoxy groups -OCH3 is 1. The summed E-state index contributed by atoms with van der Waals surface area (Å²) >= 11 is 12.0. The molecule has 0 saturated carbocycles. The molecule has 0 aliphatic heterocycles. The first-order chi connectivity index (χ1) is 9.13. The molecule has 0 aliphatic carbocycles. The van der Waals surface area contributed by atoms with Crippen molar-refractivity contribution in [1.82, 2.24) is 10.4 Å². The molecular weight excluding hydrogens is 285 g/mol. The van der Waals surface area contributed by atoms with E-state index >= 15 is 0 Å². The SMILES string of the molecule is COc1cncc(C(NN)c2cc(Cl)cc(Cl)c2)c1. The number of pyridine rings is 1. The number of halogens is 2. The molecule has 4 nitrogen and oxygen atoms in total. The first-order valence-electron chi connectivity index (χ1n) is 5.55. The summed E-state index contributed by atoms with van der Waals surface area (Å²) in [5.74, 6) is 6.28. The van der Waals surface area contributed by atoms with Crippen LogP contribution in [-0.4, -0.2) is 12.1 Å². The van der Waals surface area contributed by atoms with Gasteiger partial charge in [-0.25, -0.2) is 5.43 Å². The highest BCUT2D eigenvalue weighted by Gasteiger charge is 2.15. The van der Waals surface area contributed by atoms with Gasteiger partial charge in [0.1, 0.15) is 5.75 Å². The highest BCUT2D eigenvalue weighted by atomic mass is 35.5. The van der Waals surface area contributed by atoms with E-state index in [1.807, 2.05) is 6.07 Å². The number of benzene rings is 1. The van der Waals surface area contributed by atoms with E-state index < -0.39 is 0 Å². The molecule has 3 N–H and O–H groups in total. The Morgan fingerprint density at radius 2 is 1.79 bits per heavy atom. The maximum absolute atomic E-state index is 6.00. The summed E-state index contributed by atoms with van der Waals surface area (Å²) in [6.45, 7) is 0. The second-order valence-corrected chi connectivity index (χ2v) is 4.83. The minimum Gasteiger partial charge on any atom is -0.495 e. The van der Waals surface area contributed by atoms with Crippen LogP contribution in [0, 0.1) is 0 Å². The van der Waals surface area contributed by atoms with Gasteiger partial charge in [0, 0.05) is 16.2 Å². The molecule has 19 heavy (non-hydrogen) atoms. The topological polar surface area (TPSA) is 60.2 Å².